The number of nitrogen functional groups attached to an aromatic ring is 1. The van der Waals surface area contributed by atoms with E-state index in [-0.39, 0.29) is 23.6 Å². The lowest BCUT2D eigenvalue weighted by atomic mass is 10.2. The fraction of sp³-hybridized carbons (Fsp3) is 0.417. The van der Waals surface area contributed by atoms with E-state index in [1.807, 2.05) is 0 Å². The zero-order valence-electron chi connectivity index (χ0n) is 10.3. The Bertz CT molecular complexity index is 446. The van der Waals surface area contributed by atoms with E-state index in [9.17, 15) is 18.0 Å². The predicted molar refractivity (Wildman–Crippen MR) is 63.0 cm³/mol. The van der Waals surface area contributed by atoms with Gasteiger partial charge in [-0.05, 0) is 25.1 Å². The lowest BCUT2D eigenvalue weighted by Gasteiger charge is -2.11. The molecule has 0 spiro atoms. The molecule has 0 atom stereocenters. The summed E-state index contributed by atoms with van der Waals surface area (Å²) in [5, 5.41) is 0. The Balaban J connectivity index is 2.65. The molecule has 0 fully saturated rings. The second kappa shape index (κ2) is 6.31. The highest BCUT2D eigenvalue weighted by Gasteiger charge is 2.27. The van der Waals surface area contributed by atoms with Gasteiger partial charge in [-0.1, -0.05) is 0 Å². The van der Waals surface area contributed by atoms with Gasteiger partial charge in [-0.2, -0.15) is 13.2 Å². The average Bonchev–Trinajstić information content (AvgIpc) is 2.30. The van der Waals surface area contributed by atoms with Crippen molar-refractivity contribution < 1.29 is 27.4 Å². The summed E-state index contributed by atoms with van der Waals surface area (Å²) >= 11 is 0. The molecule has 0 aliphatic rings. The van der Waals surface area contributed by atoms with E-state index in [2.05, 4.69) is 0 Å². The van der Waals surface area contributed by atoms with Crippen molar-refractivity contribution in [3.8, 4) is 5.75 Å². The first-order valence-electron chi connectivity index (χ1n) is 5.59. The smallest absolute Gasteiger partial charge is 0.392 e. The van der Waals surface area contributed by atoms with Crippen LogP contribution in [-0.2, 0) is 4.74 Å². The lowest BCUT2D eigenvalue weighted by Crippen LogP contribution is -2.13. The molecule has 2 N–H and O–H groups in total. The Hall–Kier alpha value is -1.92. The van der Waals surface area contributed by atoms with Crippen LogP contribution in [0.2, 0.25) is 0 Å². The van der Waals surface area contributed by atoms with Crippen molar-refractivity contribution in [2.24, 2.45) is 0 Å². The maximum Gasteiger partial charge on any atom is 0.392 e. The van der Waals surface area contributed by atoms with Crippen molar-refractivity contribution in [1.82, 2.24) is 0 Å². The second-order valence-electron chi connectivity index (χ2n) is 3.69. The lowest BCUT2D eigenvalue weighted by molar-refractivity contribution is -0.139. The van der Waals surface area contributed by atoms with Crippen molar-refractivity contribution in [2.45, 2.75) is 19.5 Å². The van der Waals surface area contributed by atoms with Gasteiger partial charge in [0.2, 0.25) is 0 Å². The van der Waals surface area contributed by atoms with E-state index >= 15 is 0 Å². The van der Waals surface area contributed by atoms with E-state index in [4.69, 9.17) is 15.2 Å². The first-order chi connectivity index (χ1) is 8.83. The number of anilines is 1. The topological polar surface area (TPSA) is 61.5 Å². The van der Waals surface area contributed by atoms with Crippen molar-refractivity contribution in [2.75, 3.05) is 18.9 Å². The molecule has 0 radical (unpaired) electrons. The van der Waals surface area contributed by atoms with Crippen molar-refractivity contribution in [3.63, 3.8) is 0 Å². The molecule has 1 rings (SSSR count). The number of carbonyl (C=O) groups is 1. The summed E-state index contributed by atoms with van der Waals surface area (Å²) in [5.41, 5.74) is 5.91. The van der Waals surface area contributed by atoms with Gasteiger partial charge in [0.25, 0.3) is 0 Å². The van der Waals surface area contributed by atoms with Crippen LogP contribution in [0, 0.1) is 0 Å². The van der Waals surface area contributed by atoms with Gasteiger partial charge in [0.1, 0.15) is 5.75 Å². The van der Waals surface area contributed by atoms with Crippen LogP contribution in [0.5, 0.6) is 5.75 Å². The Kier molecular flexibility index (Phi) is 5.02. The molecule has 0 heterocycles. The van der Waals surface area contributed by atoms with E-state index in [0.29, 0.717) is 0 Å². The number of rotatable bonds is 5. The number of carbonyl (C=O) groups excluding carboxylic acids is 1. The predicted octanol–water partition coefficient (Wildman–Crippen LogP) is 2.78. The van der Waals surface area contributed by atoms with Gasteiger partial charge in [0.15, 0.2) is 0 Å². The summed E-state index contributed by atoms with van der Waals surface area (Å²) in [6.07, 6.45) is -5.34. The molecule has 0 saturated carbocycles. The van der Waals surface area contributed by atoms with Crippen LogP contribution >= 0.6 is 0 Å². The van der Waals surface area contributed by atoms with Gasteiger partial charge in [0, 0.05) is 0 Å². The van der Waals surface area contributed by atoms with Gasteiger partial charge in [-0.15, -0.1) is 0 Å². The molecule has 0 aliphatic heterocycles. The molecule has 1 aromatic rings. The first-order valence-corrected chi connectivity index (χ1v) is 5.59. The van der Waals surface area contributed by atoms with Crippen LogP contribution < -0.4 is 10.5 Å². The van der Waals surface area contributed by atoms with E-state index < -0.39 is 25.2 Å². The summed E-state index contributed by atoms with van der Waals surface area (Å²) in [6, 6.07) is 4.04. The Labute approximate surface area is 108 Å². The zero-order chi connectivity index (χ0) is 14.5. The number of hydrogen-bond donors (Lipinski definition) is 1. The third kappa shape index (κ3) is 5.07. The van der Waals surface area contributed by atoms with Crippen molar-refractivity contribution >= 4 is 11.7 Å². The summed E-state index contributed by atoms with van der Waals surface area (Å²) in [6.45, 7) is 1.37. The summed E-state index contributed by atoms with van der Waals surface area (Å²) in [4.78, 5) is 11.4. The molecule has 4 nitrogen and oxygen atoms in total. The van der Waals surface area contributed by atoms with Gasteiger partial charge in [-0.3, -0.25) is 0 Å². The number of hydrogen-bond acceptors (Lipinski definition) is 4. The maximum atomic E-state index is 11.9. The van der Waals surface area contributed by atoms with Crippen LogP contribution in [0.15, 0.2) is 18.2 Å². The summed E-state index contributed by atoms with van der Waals surface area (Å²) in [5.74, 6) is -0.437. The molecular weight excluding hydrogens is 263 g/mol. The van der Waals surface area contributed by atoms with Crippen LogP contribution in [0.3, 0.4) is 0 Å². The van der Waals surface area contributed by atoms with Crippen molar-refractivity contribution in [3.05, 3.63) is 23.8 Å². The molecule has 0 saturated heterocycles. The zero-order valence-corrected chi connectivity index (χ0v) is 10.3. The fourth-order valence-corrected chi connectivity index (χ4v) is 1.30. The van der Waals surface area contributed by atoms with Gasteiger partial charge in [-0.25, -0.2) is 4.79 Å². The van der Waals surface area contributed by atoms with Crippen LogP contribution in [0.4, 0.5) is 18.9 Å². The first kappa shape index (κ1) is 15.1. The van der Waals surface area contributed by atoms with E-state index in [1.165, 1.54) is 18.2 Å². The third-order valence-corrected chi connectivity index (χ3v) is 2.16. The molecule has 0 aliphatic carbocycles. The Morgan fingerprint density at radius 1 is 1.37 bits per heavy atom. The summed E-state index contributed by atoms with van der Waals surface area (Å²) in [7, 11) is 0. The SMILES string of the molecule is CCOC(=O)c1ccc(OCCC(F)(F)F)c(N)c1. The quantitative estimate of drug-likeness (QED) is 0.664. The maximum absolute atomic E-state index is 11.9. The standard InChI is InChI=1S/C12H14F3NO3/c1-2-18-11(17)8-3-4-10(9(16)7-8)19-6-5-12(13,14)15/h3-4,7H,2,5-6,16H2,1H3. The number of benzene rings is 1. The minimum Gasteiger partial charge on any atom is -0.491 e. The van der Waals surface area contributed by atoms with Crippen LogP contribution in [-0.4, -0.2) is 25.4 Å². The molecule has 0 aromatic heterocycles. The molecule has 7 heteroatoms. The van der Waals surface area contributed by atoms with E-state index in [1.54, 1.807) is 6.92 Å². The minimum absolute atomic E-state index is 0.0905. The number of alkyl halides is 3. The molecule has 106 valence electrons. The molecule has 1 aromatic carbocycles. The molecule has 0 unspecified atom stereocenters. The highest BCUT2D eigenvalue weighted by Crippen LogP contribution is 2.25. The molecular formula is C12H14F3NO3. The second-order valence-corrected chi connectivity index (χ2v) is 3.69. The van der Waals surface area contributed by atoms with Crippen LogP contribution in [0.25, 0.3) is 0 Å². The van der Waals surface area contributed by atoms with Gasteiger partial charge >= 0.3 is 12.1 Å². The van der Waals surface area contributed by atoms with Gasteiger partial charge < -0.3 is 15.2 Å². The minimum atomic E-state index is -4.28. The fourth-order valence-electron chi connectivity index (χ4n) is 1.30. The largest absolute Gasteiger partial charge is 0.491 e. The summed E-state index contributed by atoms with van der Waals surface area (Å²) < 4.78 is 45.5. The number of halogens is 3. The molecule has 0 bridgehead atoms. The monoisotopic (exact) mass is 277 g/mol. The highest BCUT2D eigenvalue weighted by molar-refractivity contribution is 5.91. The molecule has 0 amide bonds. The Morgan fingerprint density at radius 2 is 2.05 bits per heavy atom. The van der Waals surface area contributed by atoms with Gasteiger partial charge in [0.05, 0.1) is 30.9 Å². The number of ether oxygens (including phenoxy) is 2. The normalized spacial score (nSPS) is 11.2. The average molecular weight is 277 g/mol. The van der Waals surface area contributed by atoms with E-state index in [0.717, 1.165) is 0 Å². The van der Waals surface area contributed by atoms with Crippen LogP contribution in [0.1, 0.15) is 23.7 Å². The third-order valence-electron chi connectivity index (χ3n) is 2.16. The highest BCUT2D eigenvalue weighted by atomic mass is 19.4. The number of esters is 1. The Morgan fingerprint density at radius 3 is 2.58 bits per heavy atom. The molecule has 19 heavy (non-hydrogen) atoms. The van der Waals surface area contributed by atoms with Crippen molar-refractivity contribution in [1.29, 1.82) is 0 Å². The number of nitrogens with two attached hydrogens (primary N) is 1.